The first-order valence-electron chi connectivity index (χ1n) is 5.30. The molecule has 0 amide bonds. The van der Waals surface area contributed by atoms with E-state index in [2.05, 4.69) is 10.0 Å². The average Bonchev–Trinajstić information content (AvgIpc) is 2.37. The normalized spacial score (nSPS) is 13.4. The second-order valence-electron chi connectivity index (χ2n) is 3.95. The number of benzene rings is 1. The van der Waals surface area contributed by atoms with Crippen molar-refractivity contribution in [2.45, 2.75) is 19.1 Å². The van der Waals surface area contributed by atoms with Gasteiger partial charge in [-0.1, -0.05) is 11.2 Å². The number of anilines is 1. The van der Waals surface area contributed by atoms with Gasteiger partial charge >= 0.3 is 0 Å². The molecule has 2 atom stereocenters. The fourth-order valence-corrected chi connectivity index (χ4v) is 1.57. The van der Waals surface area contributed by atoms with Crippen molar-refractivity contribution in [1.29, 1.82) is 0 Å². The van der Waals surface area contributed by atoms with Gasteiger partial charge in [0.2, 0.25) is 0 Å². The molecule has 0 spiro atoms. The molecule has 1 rings (SSSR count). The Morgan fingerprint density at radius 2 is 2.21 bits per heavy atom. The van der Waals surface area contributed by atoms with Crippen LogP contribution in [-0.2, 0) is 0 Å². The van der Waals surface area contributed by atoms with Crippen molar-refractivity contribution in [1.82, 2.24) is 0 Å². The lowest BCUT2D eigenvalue weighted by Crippen LogP contribution is -2.21. The number of azide groups is 1. The van der Waals surface area contributed by atoms with Gasteiger partial charge in [0.05, 0.1) is 17.6 Å². The van der Waals surface area contributed by atoms with Gasteiger partial charge in [-0.3, -0.25) is 10.1 Å². The van der Waals surface area contributed by atoms with Gasteiger partial charge in [0.25, 0.3) is 5.69 Å². The maximum atomic E-state index is 10.8. The molecule has 1 aromatic carbocycles. The van der Waals surface area contributed by atoms with Crippen LogP contribution < -0.4 is 5.73 Å². The molecule has 0 saturated heterocycles. The summed E-state index contributed by atoms with van der Waals surface area (Å²) in [5.74, 6) is 0. The summed E-state index contributed by atoms with van der Waals surface area (Å²) in [6.45, 7) is 1.22. The largest absolute Gasteiger partial charge is 0.393 e. The molecule has 0 bridgehead atoms. The molecule has 9 nitrogen and oxygen atoms in total. The highest BCUT2D eigenvalue weighted by Crippen LogP contribution is 2.30. The number of nitro groups is 1. The molecule has 2 unspecified atom stereocenters. The summed E-state index contributed by atoms with van der Waals surface area (Å²) in [5, 5.41) is 33.3. The summed E-state index contributed by atoms with van der Waals surface area (Å²) in [4.78, 5) is 12.6. The van der Waals surface area contributed by atoms with Crippen LogP contribution in [0.25, 0.3) is 10.4 Å². The lowest BCUT2D eigenvalue weighted by atomic mass is 10.00. The smallest absolute Gasteiger partial charge is 0.292 e. The van der Waals surface area contributed by atoms with E-state index in [-0.39, 0.29) is 23.5 Å². The zero-order chi connectivity index (χ0) is 14.6. The zero-order valence-corrected chi connectivity index (χ0v) is 10.1. The summed E-state index contributed by atoms with van der Waals surface area (Å²) >= 11 is 0. The van der Waals surface area contributed by atoms with Crippen LogP contribution in [0.2, 0.25) is 0 Å². The highest BCUT2D eigenvalue weighted by atomic mass is 16.6. The van der Waals surface area contributed by atoms with E-state index >= 15 is 0 Å². The molecule has 0 aliphatic carbocycles. The zero-order valence-electron chi connectivity index (χ0n) is 10.1. The first-order chi connectivity index (χ1) is 8.88. The van der Waals surface area contributed by atoms with Gasteiger partial charge in [-0.15, -0.1) is 0 Å². The number of aryl methyl sites for hydroxylation is 1. The molecule has 0 heterocycles. The predicted molar refractivity (Wildman–Crippen MR) is 67.2 cm³/mol. The fraction of sp³-hybridized carbons (Fsp3) is 0.400. The average molecular weight is 267 g/mol. The third-order valence-electron chi connectivity index (χ3n) is 2.62. The van der Waals surface area contributed by atoms with Crippen LogP contribution in [0.4, 0.5) is 11.4 Å². The molecule has 0 fully saturated rings. The quantitative estimate of drug-likeness (QED) is 0.182. The highest BCUT2D eigenvalue weighted by molar-refractivity contribution is 5.64. The highest BCUT2D eigenvalue weighted by Gasteiger charge is 2.23. The minimum absolute atomic E-state index is 0.00508. The molecule has 9 heteroatoms. The van der Waals surface area contributed by atoms with Gasteiger partial charge in [-0.2, -0.15) is 0 Å². The topological polar surface area (TPSA) is 158 Å². The summed E-state index contributed by atoms with van der Waals surface area (Å²) < 4.78 is 0. The number of hydrogen-bond donors (Lipinski definition) is 3. The number of nitrogens with zero attached hydrogens (tertiary/aromatic N) is 4. The molecule has 0 radical (unpaired) electrons. The molecule has 0 saturated carbocycles. The van der Waals surface area contributed by atoms with Gasteiger partial charge in [0.1, 0.15) is 11.8 Å². The van der Waals surface area contributed by atoms with E-state index in [0.717, 1.165) is 6.07 Å². The van der Waals surface area contributed by atoms with Crippen molar-refractivity contribution in [3.63, 3.8) is 0 Å². The molecule has 0 aliphatic rings. The lowest BCUT2D eigenvalue weighted by molar-refractivity contribution is -0.384. The van der Waals surface area contributed by atoms with Crippen molar-refractivity contribution in [2.75, 3.05) is 12.3 Å². The van der Waals surface area contributed by atoms with Crippen LogP contribution in [0.1, 0.15) is 17.2 Å². The van der Waals surface area contributed by atoms with Gasteiger partial charge in [0.15, 0.2) is 0 Å². The molecule has 4 N–H and O–H groups in total. The molecule has 1 aromatic rings. The number of nitro benzene ring substituents is 1. The maximum Gasteiger partial charge on any atom is 0.292 e. The number of nitrogen functional groups attached to an aromatic ring is 1. The summed E-state index contributed by atoms with van der Waals surface area (Å²) in [6, 6.07) is 2.53. The van der Waals surface area contributed by atoms with E-state index in [9.17, 15) is 20.3 Å². The first-order valence-corrected chi connectivity index (χ1v) is 5.30. The van der Waals surface area contributed by atoms with E-state index in [1.54, 1.807) is 6.92 Å². The first kappa shape index (κ1) is 14.7. The Hall–Kier alpha value is -2.35. The maximum absolute atomic E-state index is 10.8. The minimum Gasteiger partial charge on any atom is -0.393 e. The SMILES string of the molecule is Cc1cc(C(O)C(O)CN=[N+]=[N-])cc([N+](=O)[O-])c1N. The Labute approximate surface area is 108 Å². The molecule has 19 heavy (non-hydrogen) atoms. The van der Waals surface area contributed by atoms with E-state index < -0.39 is 17.1 Å². The van der Waals surface area contributed by atoms with E-state index in [0.29, 0.717) is 5.56 Å². The Morgan fingerprint density at radius 3 is 2.74 bits per heavy atom. The number of aliphatic hydroxyl groups is 2. The second-order valence-corrected chi connectivity index (χ2v) is 3.95. The fourth-order valence-electron chi connectivity index (χ4n) is 1.57. The van der Waals surface area contributed by atoms with Crippen LogP contribution in [0.5, 0.6) is 0 Å². The van der Waals surface area contributed by atoms with Crippen LogP contribution in [0.15, 0.2) is 17.2 Å². The van der Waals surface area contributed by atoms with Crippen molar-refractivity contribution in [3.8, 4) is 0 Å². The van der Waals surface area contributed by atoms with Crippen LogP contribution >= 0.6 is 0 Å². The van der Waals surface area contributed by atoms with E-state index in [4.69, 9.17) is 11.3 Å². The van der Waals surface area contributed by atoms with Crippen molar-refractivity contribution in [2.24, 2.45) is 5.11 Å². The number of hydrogen-bond acceptors (Lipinski definition) is 6. The van der Waals surface area contributed by atoms with E-state index in [1.165, 1.54) is 6.07 Å². The van der Waals surface area contributed by atoms with Crippen LogP contribution in [-0.4, -0.2) is 27.8 Å². The van der Waals surface area contributed by atoms with Gasteiger partial charge < -0.3 is 15.9 Å². The molecule has 0 aromatic heterocycles. The molecule has 102 valence electrons. The standard InChI is InChI=1S/C10H13N5O4/c1-5-2-6(3-7(9(5)11)15(18)19)10(17)8(16)4-13-14-12/h2-3,8,10,16-17H,4,11H2,1H3. The summed E-state index contributed by atoms with van der Waals surface area (Å²) in [6.07, 6.45) is -2.75. The Balaban J connectivity index is 3.13. The van der Waals surface area contributed by atoms with Crippen molar-refractivity contribution in [3.05, 3.63) is 43.8 Å². The minimum atomic E-state index is -1.40. The van der Waals surface area contributed by atoms with Crippen LogP contribution in [0, 0.1) is 17.0 Å². The summed E-state index contributed by atoms with van der Waals surface area (Å²) in [7, 11) is 0. The lowest BCUT2D eigenvalue weighted by Gasteiger charge is -2.17. The predicted octanol–water partition coefficient (Wildman–Crippen LogP) is 1.19. The molecule has 0 aliphatic heterocycles. The van der Waals surface area contributed by atoms with Crippen LogP contribution in [0.3, 0.4) is 0 Å². The summed E-state index contributed by atoms with van der Waals surface area (Å²) in [5.41, 5.74) is 13.9. The monoisotopic (exact) mass is 267 g/mol. The van der Waals surface area contributed by atoms with Gasteiger partial charge in [-0.05, 0) is 23.6 Å². The molecular weight excluding hydrogens is 254 g/mol. The van der Waals surface area contributed by atoms with Crippen molar-refractivity contribution >= 4 is 11.4 Å². The number of aliphatic hydroxyl groups excluding tert-OH is 2. The molecular formula is C10H13N5O4. The Kier molecular flexibility index (Phi) is 4.65. The van der Waals surface area contributed by atoms with E-state index in [1.807, 2.05) is 0 Å². The number of nitrogens with two attached hydrogens (primary N) is 1. The van der Waals surface area contributed by atoms with Crippen molar-refractivity contribution < 1.29 is 15.1 Å². The Bertz CT molecular complexity index is 541. The third kappa shape index (κ3) is 3.32. The van der Waals surface area contributed by atoms with Gasteiger partial charge in [0, 0.05) is 11.0 Å². The van der Waals surface area contributed by atoms with Gasteiger partial charge in [-0.25, -0.2) is 0 Å². The number of rotatable bonds is 5. The Morgan fingerprint density at radius 1 is 1.58 bits per heavy atom. The second kappa shape index (κ2) is 6.01. The third-order valence-corrected chi connectivity index (χ3v) is 2.62.